The van der Waals surface area contributed by atoms with Crippen LogP contribution >= 0.6 is 0 Å². The smallest absolute Gasteiger partial charge is 0.261 e. The Labute approximate surface area is 205 Å². The summed E-state index contributed by atoms with van der Waals surface area (Å²) in [4.78, 5) is 54.2. The van der Waals surface area contributed by atoms with E-state index in [-0.39, 0.29) is 55.4 Å². The maximum absolute atomic E-state index is 13.4. The summed E-state index contributed by atoms with van der Waals surface area (Å²) >= 11 is 0. The number of carbonyl (C=O) groups is 4. The highest BCUT2D eigenvalue weighted by Gasteiger charge is 2.35. The lowest BCUT2D eigenvalue weighted by atomic mass is 10.0. The number of hydrogen-bond acceptors (Lipinski definition) is 4. The molecule has 0 aromatic heterocycles. The van der Waals surface area contributed by atoms with Crippen LogP contribution in [0.15, 0.2) is 48.5 Å². The molecule has 2 aromatic rings. The molecular weight excluding hydrogens is 449 g/mol. The van der Waals surface area contributed by atoms with Crippen LogP contribution in [-0.2, 0) is 16.1 Å². The summed E-state index contributed by atoms with van der Waals surface area (Å²) in [6, 6.07) is 11.7. The van der Waals surface area contributed by atoms with Crippen molar-refractivity contribution in [2.45, 2.75) is 65.1 Å². The quantitative estimate of drug-likeness (QED) is 0.550. The summed E-state index contributed by atoms with van der Waals surface area (Å²) in [5.74, 6) is -1.66. The minimum atomic E-state index is -0.717. The van der Waals surface area contributed by atoms with Crippen LogP contribution < -0.4 is 5.32 Å². The Hall–Kier alpha value is -3.55. The van der Waals surface area contributed by atoms with Crippen molar-refractivity contribution in [3.05, 3.63) is 71.0 Å². The summed E-state index contributed by atoms with van der Waals surface area (Å²) in [5.41, 5.74) is 0.959. The molecule has 1 aliphatic heterocycles. The van der Waals surface area contributed by atoms with E-state index in [2.05, 4.69) is 5.32 Å². The molecule has 0 bridgehead atoms. The normalized spacial score (nSPS) is 14.0. The minimum absolute atomic E-state index is 0.0495. The van der Waals surface area contributed by atoms with Crippen molar-refractivity contribution in [2.75, 3.05) is 6.54 Å². The summed E-state index contributed by atoms with van der Waals surface area (Å²) in [7, 11) is 0. The molecule has 0 saturated heterocycles. The van der Waals surface area contributed by atoms with Crippen LogP contribution in [0, 0.1) is 5.82 Å². The third kappa shape index (κ3) is 6.32. The van der Waals surface area contributed by atoms with E-state index >= 15 is 0 Å². The van der Waals surface area contributed by atoms with E-state index in [1.165, 1.54) is 17.0 Å². The third-order valence-corrected chi connectivity index (χ3v) is 5.80. The molecule has 1 aliphatic rings. The first-order valence-corrected chi connectivity index (χ1v) is 11.8. The fourth-order valence-corrected chi connectivity index (χ4v) is 4.13. The largest absolute Gasteiger partial charge is 0.350 e. The molecule has 186 valence electrons. The lowest BCUT2D eigenvalue weighted by Gasteiger charge is -2.33. The van der Waals surface area contributed by atoms with Crippen LogP contribution in [0.3, 0.4) is 0 Å². The van der Waals surface area contributed by atoms with Crippen LogP contribution in [0.4, 0.5) is 4.39 Å². The highest BCUT2D eigenvalue weighted by molar-refractivity contribution is 6.21. The molecule has 0 saturated carbocycles. The zero-order chi connectivity index (χ0) is 25.8. The molecule has 0 radical (unpaired) electrons. The highest BCUT2D eigenvalue weighted by atomic mass is 19.1. The minimum Gasteiger partial charge on any atom is -0.350 e. The molecule has 8 heteroatoms. The second-order valence-corrected chi connectivity index (χ2v) is 9.72. The van der Waals surface area contributed by atoms with Gasteiger partial charge in [-0.1, -0.05) is 31.2 Å². The van der Waals surface area contributed by atoms with Gasteiger partial charge in [-0.25, -0.2) is 4.39 Å². The van der Waals surface area contributed by atoms with Gasteiger partial charge in [0.15, 0.2) is 0 Å². The number of benzene rings is 2. The Morgan fingerprint density at radius 2 is 1.57 bits per heavy atom. The van der Waals surface area contributed by atoms with Gasteiger partial charge in [0.25, 0.3) is 11.8 Å². The van der Waals surface area contributed by atoms with Crippen molar-refractivity contribution < 1.29 is 23.6 Å². The molecular formula is C27H32FN3O4. The molecule has 1 unspecified atom stereocenters. The van der Waals surface area contributed by atoms with Gasteiger partial charge >= 0.3 is 0 Å². The summed E-state index contributed by atoms with van der Waals surface area (Å²) < 4.78 is 13.4. The Morgan fingerprint density at radius 3 is 2.09 bits per heavy atom. The molecule has 35 heavy (non-hydrogen) atoms. The van der Waals surface area contributed by atoms with E-state index in [9.17, 15) is 23.6 Å². The van der Waals surface area contributed by atoms with E-state index < -0.39 is 11.6 Å². The van der Waals surface area contributed by atoms with Gasteiger partial charge in [-0.15, -0.1) is 0 Å². The van der Waals surface area contributed by atoms with Gasteiger partial charge in [0, 0.05) is 25.0 Å². The zero-order valence-corrected chi connectivity index (χ0v) is 20.6. The van der Waals surface area contributed by atoms with Gasteiger partial charge < -0.3 is 10.2 Å². The van der Waals surface area contributed by atoms with Crippen molar-refractivity contribution in [1.82, 2.24) is 15.1 Å². The molecule has 1 N–H and O–H groups in total. The predicted molar refractivity (Wildman–Crippen MR) is 130 cm³/mol. The Morgan fingerprint density at radius 1 is 1.00 bits per heavy atom. The molecule has 4 amide bonds. The Bertz CT molecular complexity index is 1070. The second-order valence-electron chi connectivity index (χ2n) is 9.72. The van der Waals surface area contributed by atoms with E-state index in [4.69, 9.17) is 0 Å². The number of imide groups is 1. The fourth-order valence-electron chi connectivity index (χ4n) is 4.13. The fraction of sp³-hybridized carbons (Fsp3) is 0.407. The second kappa shape index (κ2) is 10.8. The highest BCUT2D eigenvalue weighted by Crippen LogP contribution is 2.23. The van der Waals surface area contributed by atoms with Crippen molar-refractivity contribution in [1.29, 1.82) is 0 Å². The van der Waals surface area contributed by atoms with Crippen molar-refractivity contribution >= 4 is 23.6 Å². The average Bonchev–Trinajstić information content (AvgIpc) is 3.04. The van der Waals surface area contributed by atoms with Crippen LogP contribution in [0.5, 0.6) is 0 Å². The molecule has 0 aliphatic carbocycles. The topological polar surface area (TPSA) is 86.8 Å². The number of hydrogen-bond donors (Lipinski definition) is 1. The lowest BCUT2D eigenvalue weighted by molar-refractivity contribution is -0.142. The maximum Gasteiger partial charge on any atom is 0.261 e. The average molecular weight is 482 g/mol. The van der Waals surface area contributed by atoms with Crippen molar-refractivity contribution in [3.8, 4) is 0 Å². The summed E-state index contributed by atoms with van der Waals surface area (Å²) in [6.07, 6.45) is 0.711. The van der Waals surface area contributed by atoms with Crippen molar-refractivity contribution in [2.24, 2.45) is 0 Å². The van der Waals surface area contributed by atoms with Crippen LogP contribution in [0.25, 0.3) is 0 Å². The molecule has 1 atom stereocenters. The van der Waals surface area contributed by atoms with Gasteiger partial charge in [0.05, 0.1) is 11.1 Å². The Balaban J connectivity index is 1.72. The molecule has 3 rings (SSSR count). The predicted octanol–water partition coefficient (Wildman–Crippen LogP) is 3.92. The molecule has 2 aromatic carbocycles. The van der Waals surface area contributed by atoms with Gasteiger partial charge in [-0.05, 0) is 63.4 Å². The van der Waals surface area contributed by atoms with Gasteiger partial charge in [-0.2, -0.15) is 0 Å². The first-order chi connectivity index (χ1) is 16.5. The number of rotatable bonds is 9. The zero-order valence-electron chi connectivity index (χ0n) is 20.6. The molecule has 0 spiro atoms. The number of nitrogens with zero attached hydrogens (tertiary/aromatic N) is 2. The van der Waals surface area contributed by atoms with Gasteiger partial charge in [0.2, 0.25) is 11.8 Å². The third-order valence-electron chi connectivity index (χ3n) is 5.80. The van der Waals surface area contributed by atoms with Crippen molar-refractivity contribution in [3.63, 3.8) is 0 Å². The molecule has 1 heterocycles. The molecule has 0 fully saturated rings. The van der Waals surface area contributed by atoms with Crippen LogP contribution in [0.1, 0.15) is 73.2 Å². The maximum atomic E-state index is 13.4. The Kier molecular flexibility index (Phi) is 8.04. The van der Waals surface area contributed by atoms with E-state index in [0.29, 0.717) is 23.1 Å². The van der Waals surface area contributed by atoms with E-state index in [0.717, 1.165) is 4.90 Å². The number of halogens is 1. The SMILES string of the molecule is CCC(C(=O)NC(C)(C)C)N(Cc1ccc(F)cc1)C(=O)CCCN1C(=O)c2ccccc2C1=O. The standard InChI is InChI=1S/C27H32FN3O4/c1-5-22(24(33)29-27(2,3)4)31(17-18-12-14-19(28)15-13-18)23(32)11-8-16-30-25(34)20-9-6-7-10-21(20)26(30)35/h6-7,9-10,12-15,22H,5,8,11,16-17H2,1-4H3,(H,29,33). The van der Waals surface area contributed by atoms with Crippen LogP contribution in [0.2, 0.25) is 0 Å². The molecule has 7 nitrogen and oxygen atoms in total. The van der Waals surface area contributed by atoms with E-state index in [1.54, 1.807) is 36.4 Å². The van der Waals surface area contributed by atoms with Crippen LogP contribution in [-0.4, -0.2) is 51.6 Å². The summed E-state index contributed by atoms with van der Waals surface area (Å²) in [5, 5.41) is 2.93. The first-order valence-electron chi connectivity index (χ1n) is 11.8. The number of carbonyl (C=O) groups excluding carboxylic acids is 4. The first kappa shape index (κ1) is 26.1. The summed E-state index contributed by atoms with van der Waals surface area (Å²) in [6.45, 7) is 7.68. The number of fused-ring (bicyclic) bond motifs is 1. The monoisotopic (exact) mass is 481 g/mol. The lowest BCUT2D eigenvalue weighted by Crippen LogP contribution is -2.53. The van der Waals surface area contributed by atoms with Gasteiger partial charge in [-0.3, -0.25) is 24.1 Å². The number of nitrogens with one attached hydrogen (secondary N) is 1. The number of amides is 4. The van der Waals surface area contributed by atoms with E-state index in [1.807, 2.05) is 27.7 Å². The van der Waals surface area contributed by atoms with Gasteiger partial charge in [0.1, 0.15) is 11.9 Å².